The lowest BCUT2D eigenvalue weighted by Gasteiger charge is -2.37. The molecule has 1 aliphatic heterocycles. The van der Waals surface area contributed by atoms with Crippen LogP contribution in [0.3, 0.4) is 0 Å². The average molecular weight is 433 g/mol. The number of aryl methyl sites for hydroxylation is 2. The fourth-order valence-electron chi connectivity index (χ4n) is 4.11. The van der Waals surface area contributed by atoms with Crippen LogP contribution >= 0.6 is 0 Å². The van der Waals surface area contributed by atoms with E-state index in [1.54, 1.807) is 6.07 Å². The summed E-state index contributed by atoms with van der Waals surface area (Å²) >= 11 is 0. The SMILES string of the molecule is CC(=CCCC1(C)CCc2cc(O)c(C)c(C)c2O1)CCc1cccc(C(F)(F)F)c1. The summed E-state index contributed by atoms with van der Waals surface area (Å²) in [5.41, 5.74) is 3.94. The molecule has 1 atom stereocenters. The van der Waals surface area contributed by atoms with Crippen molar-refractivity contribution < 1.29 is 23.0 Å². The summed E-state index contributed by atoms with van der Waals surface area (Å²) in [6.45, 7) is 8.04. The number of phenolic OH excluding ortho intramolecular Hbond substituents is 1. The minimum Gasteiger partial charge on any atom is -0.508 e. The summed E-state index contributed by atoms with van der Waals surface area (Å²) in [5.74, 6) is 1.22. The van der Waals surface area contributed by atoms with Gasteiger partial charge in [-0.3, -0.25) is 0 Å². The Balaban J connectivity index is 1.56. The van der Waals surface area contributed by atoms with E-state index in [0.29, 0.717) is 17.7 Å². The van der Waals surface area contributed by atoms with Crippen molar-refractivity contribution in [3.05, 3.63) is 69.8 Å². The van der Waals surface area contributed by atoms with Crippen molar-refractivity contribution in [2.45, 2.75) is 78.0 Å². The zero-order chi connectivity index (χ0) is 22.8. The summed E-state index contributed by atoms with van der Waals surface area (Å²) in [7, 11) is 0. The van der Waals surface area contributed by atoms with Crippen LogP contribution in [0.15, 0.2) is 42.0 Å². The van der Waals surface area contributed by atoms with Crippen LogP contribution in [0, 0.1) is 13.8 Å². The fourth-order valence-corrected chi connectivity index (χ4v) is 4.11. The van der Waals surface area contributed by atoms with Crippen molar-refractivity contribution in [1.29, 1.82) is 0 Å². The molecule has 0 amide bonds. The zero-order valence-corrected chi connectivity index (χ0v) is 18.7. The molecule has 1 unspecified atom stereocenters. The van der Waals surface area contributed by atoms with E-state index in [2.05, 4.69) is 13.0 Å². The number of allylic oxidation sites excluding steroid dienone is 2. The molecule has 5 heteroatoms. The van der Waals surface area contributed by atoms with Crippen molar-refractivity contribution in [3.63, 3.8) is 0 Å². The second-order valence-corrected chi connectivity index (χ2v) is 8.97. The number of hydrogen-bond acceptors (Lipinski definition) is 2. The van der Waals surface area contributed by atoms with Crippen molar-refractivity contribution in [1.82, 2.24) is 0 Å². The van der Waals surface area contributed by atoms with Gasteiger partial charge in [0, 0.05) is 0 Å². The number of ether oxygens (including phenoxy) is 1. The Hall–Kier alpha value is -2.43. The van der Waals surface area contributed by atoms with Crippen LogP contribution in [0.1, 0.15) is 67.3 Å². The van der Waals surface area contributed by atoms with Gasteiger partial charge in [0.2, 0.25) is 0 Å². The highest BCUT2D eigenvalue weighted by molar-refractivity contribution is 5.53. The van der Waals surface area contributed by atoms with Gasteiger partial charge in [-0.1, -0.05) is 29.8 Å². The number of hydrogen-bond donors (Lipinski definition) is 1. The number of halogens is 3. The van der Waals surface area contributed by atoms with E-state index in [4.69, 9.17) is 4.74 Å². The number of benzene rings is 2. The molecular weight excluding hydrogens is 401 g/mol. The van der Waals surface area contributed by atoms with Crippen LogP contribution in [0.5, 0.6) is 11.5 Å². The van der Waals surface area contributed by atoms with Crippen molar-refractivity contribution in [3.8, 4) is 11.5 Å². The van der Waals surface area contributed by atoms with Crippen molar-refractivity contribution in [2.24, 2.45) is 0 Å². The minimum atomic E-state index is -4.30. The molecule has 0 spiro atoms. The molecule has 0 fully saturated rings. The first-order valence-electron chi connectivity index (χ1n) is 10.8. The largest absolute Gasteiger partial charge is 0.508 e. The molecule has 2 nitrogen and oxygen atoms in total. The first kappa shape index (κ1) is 23.2. The fraction of sp³-hybridized carbons (Fsp3) is 0.462. The van der Waals surface area contributed by atoms with Gasteiger partial charge in [0.05, 0.1) is 5.56 Å². The zero-order valence-electron chi connectivity index (χ0n) is 18.7. The third-order valence-corrected chi connectivity index (χ3v) is 6.39. The van der Waals surface area contributed by atoms with Gasteiger partial charge < -0.3 is 9.84 Å². The molecule has 0 saturated carbocycles. The summed E-state index contributed by atoms with van der Waals surface area (Å²) in [5, 5.41) is 10.1. The predicted octanol–water partition coefficient (Wildman–Crippen LogP) is 7.47. The normalized spacial score (nSPS) is 19.1. The first-order chi connectivity index (χ1) is 14.5. The molecule has 0 radical (unpaired) electrons. The van der Waals surface area contributed by atoms with Crippen LogP contribution in [0.25, 0.3) is 0 Å². The third kappa shape index (κ3) is 5.63. The number of rotatable bonds is 6. The van der Waals surface area contributed by atoms with Gasteiger partial charge in [0.1, 0.15) is 17.1 Å². The average Bonchev–Trinajstić information content (AvgIpc) is 2.71. The smallest absolute Gasteiger partial charge is 0.416 e. The van der Waals surface area contributed by atoms with Gasteiger partial charge in [-0.25, -0.2) is 0 Å². The molecule has 31 heavy (non-hydrogen) atoms. The Kier molecular flexibility index (Phi) is 6.73. The Bertz CT molecular complexity index is 975. The maximum atomic E-state index is 12.9. The predicted molar refractivity (Wildman–Crippen MR) is 118 cm³/mol. The minimum absolute atomic E-state index is 0.265. The molecule has 2 aromatic rings. The number of alkyl halides is 3. The van der Waals surface area contributed by atoms with Crippen LogP contribution < -0.4 is 4.74 Å². The van der Waals surface area contributed by atoms with Gasteiger partial charge in [-0.05, 0) is 101 Å². The van der Waals surface area contributed by atoms with Crippen LogP contribution in [0.2, 0.25) is 0 Å². The number of aromatic hydroxyl groups is 1. The molecule has 2 aromatic carbocycles. The van der Waals surface area contributed by atoms with Crippen molar-refractivity contribution in [2.75, 3.05) is 0 Å². The maximum absolute atomic E-state index is 12.9. The molecule has 0 bridgehead atoms. The molecule has 0 aliphatic carbocycles. The standard InChI is InChI=1S/C26H31F3O2/c1-17(10-11-20-8-5-9-22(15-20)26(27,28)29)7-6-13-25(4)14-12-21-16-23(30)18(2)19(3)24(21)31-25/h5,7-9,15-16,30H,6,10-14H2,1-4H3. The van der Waals surface area contributed by atoms with Gasteiger partial charge in [-0.2, -0.15) is 13.2 Å². The van der Waals surface area contributed by atoms with Crippen LogP contribution in [0.4, 0.5) is 13.2 Å². The monoisotopic (exact) mass is 432 g/mol. The van der Waals surface area contributed by atoms with E-state index in [9.17, 15) is 18.3 Å². The summed E-state index contributed by atoms with van der Waals surface area (Å²) in [4.78, 5) is 0. The van der Waals surface area contributed by atoms with Gasteiger partial charge >= 0.3 is 6.18 Å². The Morgan fingerprint density at radius 3 is 2.65 bits per heavy atom. The summed E-state index contributed by atoms with van der Waals surface area (Å²) in [6, 6.07) is 7.39. The van der Waals surface area contributed by atoms with E-state index < -0.39 is 11.7 Å². The quantitative estimate of drug-likeness (QED) is 0.480. The molecule has 3 rings (SSSR count). The van der Waals surface area contributed by atoms with Gasteiger partial charge in [-0.15, -0.1) is 0 Å². The van der Waals surface area contributed by atoms with E-state index in [1.807, 2.05) is 26.8 Å². The summed E-state index contributed by atoms with van der Waals surface area (Å²) in [6.07, 6.45) is 2.69. The Morgan fingerprint density at radius 2 is 1.94 bits per heavy atom. The lowest BCUT2D eigenvalue weighted by Crippen LogP contribution is -2.36. The molecule has 0 saturated heterocycles. The third-order valence-electron chi connectivity index (χ3n) is 6.39. The second kappa shape index (κ2) is 8.97. The highest BCUT2D eigenvalue weighted by Gasteiger charge is 2.33. The van der Waals surface area contributed by atoms with Crippen LogP contribution in [-0.2, 0) is 19.0 Å². The van der Waals surface area contributed by atoms with E-state index in [0.717, 1.165) is 60.6 Å². The Morgan fingerprint density at radius 1 is 1.19 bits per heavy atom. The van der Waals surface area contributed by atoms with Crippen molar-refractivity contribution >= 4 is 0 Å². The second-order valence-electron chi connectivity index (χ2n) is 8.97. The molecule has 168 valence electrons. The lowest BCUT2D eigenvalue weighted by molar-refractivity contribution is -0.137. The number of phenols is 1. The van der Waals surface area contributed by atoms with E-state index in [-0.39, 0.29) is 5.60 Å². The number of fused-ring (bicyclic) bond motifs is 1. The molecule has 0 aromatic heterocycles. The highest BCUT2D eigenvalue weighted by atomic mass is 19.4. The summed E-state index contributed by atoms with van der Waals surface area (Å²) < 4.78 is 45.0. The topological polar surface area (TPSA) is 29.5 Å². The maximum Gasteiger partial charge on any atom is 0.416 e. The Labute approximate surface area is 182 Å². The van der Waals surface area contributed by atoms with E-state index >= 15 is 0 Å². The molecule has 1 N–H and O–H groups in total. The highest BCUT2D eigenvalue weighted by Crippen LogP contribution is 2.41. The molecular formula is C26H31F3O2. The van der Waals surface area contributed by atoms with E-state index in [1.165, 1.54) is 17.7 Å². The first-order valence-corrected chi connectivity index (χ1v) is 10.8. The molecule has 1 aliphatic rings. The van der Waals surface area contributed by atoms with Crippen LogP contribution in [-0.4, -0.2) is 10.7 Å². The lowest BCUT2D eigenvalue weighted by atomic mass is 9.86. The van der Waals surface area contributed by atoms with Gasteiger partial charge in [0.25, 0.3) is 0 Å². The molecule has 1 heterocycles. The van der Waals surface area contributed by atoms with Gasteiger partial charge in [0.15, 0.2) is 0 Å².